The van der Waals surface area contributed by atoms with Crippen molar-refractivity contribution < 1.29 is 4.79 Å². The van der Waals surface area contributed by atoms with Crippen LogP contribution in [0.25, 0.3) is 0 Å². The number of hydrogen-bond donors (Lipinski definition) is 1. The molecule has 2 bridgehead atoms. The number of fused-ring (bicyclic) bond motifs is 2. The molecule has 0 aromatic heterocycles. The lowest BCUT2D eigenvalue weighted by Gasteiger charge is -2.32. The molecule has 0 aromatic rings. The molecule has 5 atom stereocenters. The van der Waals surface area contributed by atoms with Crippen molar-refractivity contribution in [1.82, 2.24) is 4.90 Å². The van der Waals surface area contributed by atoms with E-state index in [-0.39, 0.29) is 12.0 Å². The van der Waals surface area contributed by atoms with Crippen LogP contribution in [0.15, 0.2) is 0 Å². The number of carbonyl (C=O) groups excluding carboxylic acids is 1. The Morgan fingerprint density at radius 1 is 1.16 bits per heavy atom. The number of rotatable bonds is 3. The van der Waals surface area contributed by atoms with E-state index in [1.165, 1.54) is 25.7 Å². The van der Waals surface area contributed by atoms with Gasteiger partial charge in [-0.25, -0.2) is 0 Å². The maximum Gasteiger partial charge on any atom is 0.225 e. The highest BCUT2D eigenvalue weighted by molar-refractivity contribution is 5.78. The number of hydrogen-bond acceptors (Lipinski definition) is 2. The maximum absolute atomic E-state index is 12.5. The van der Waals surface area contributed by atoms with Gasteiger partial charge in [-0.15, -0.1) is 0 Å². The minimum Gasteiger partial charge on any atom is -0.345 e. The second-order valence-electron chi connectivity index (χ2n) is 7.28. The van der Waals surface area contributed by atoms with Crippen LogP contribution in [0.1, 0.15) is 51.4 Å². The lowest BCUT2D eigenvalue weighted by Crippen LogP contribution is -2.41. The molecule has 1 amide bonds. The molecule has 0 spiro atoms. The highest BCUT2D eigenvalue weighted by Gasteiger charge is 2.40. The lowest BCUT2D eigenvalue weighted by molar-refractivity contribution is -0.136. The third-order valence-corrected chi connectivity index (χ3v) is 5.83. The molecule has 5 unspecified atom stereocenters. The largest absolute Gasteiger partial charge is 0.345 e. The van der Waals surface area contributed by atoms with Crippen LogP contribution in [0, 0.1) is 23.7 Å². The van der Waals surface area contributed by atoms with Crippen molar-refractivity contribution in [2.75, 3.05) is 13.6 Å². The second-order valence-corrected chi connectivity index (χ2v) is 7.28. The highest BCUT2D eigenvalue weighted by atomic mass is 16.2. The SMILES string of the molecule is CN(CC1CC2CCC1C2)C(=O)C1CCCC(N)C1. The van der Waals surface area contributed by atoms with E-state index >= 15 is 0 Å². The smallest absolute Gasteiger partial charge is 0.225 e. The predicted octanol–water partition coefficient (Wildman–Crippen LogP) is 2.40. The zero-order chi connectivity index (χ0) is 13.4. The molecule has 3 rings (SSSR count). The van der Waals surface area contributed by atoms with E-state index in [0.29, 0.717) is 5.91 Å². The number of amides is 1. The van der Waals surface area contributed by atoms with Gasteiger partial charge in [0, 0.05) is 25.6 Å². The van der Waals surface area contributed by atoms with Gasteiger partial charge >= 0.3 is 0 Å². The van der Waals surface area contributed by atoms with Crippen molar-refractivity contribution in [1.29, 1.82) is 0 Å². The van der Waals surface area contributed by atoms with Crippen LogP contribution < -0.4 is 5.73 Å². The van der Waals surface area contributed by atoms with E-state index in [9.17, 15) is 4.79 Å². The molecule has 3 saturated carbocycles. The number of nitrogens with two attached hydrogens (primary N) is 1. The van der Waals surface area contributed by atoms with Gasteiger partial charge in [0.1, 0.15) is 0 Å². The molecule has 108 valence electrons. The third-order valence-electron chi connectivity index (χ3n) is 5.83. The summed E-state index contributed by atoms with van der Waals surface area (Å²) < 4.78 is 0. The summed E-state index contributed by atoms with van der Waals surface area (Å²) in [7, 11) is 2.01. The van der Waals surface area contributed by atoms with Crippen LogP contribution in [0.5, 0.6) is 0 Å². The molecule has 0 saturated heterocycles. The van der Waals surface area contributed by atoms with Crippen molar-refractivity contribution in [3.63, 3.8) is 0 Å². The van der Waals surface area contributed by atoms with Crippen molar-refractivity contribution in [3.8, 4) is 0 Å². The van der Waals surface area contributed by atoms with Crippen LogP contribution in [0.2, 0.25) is 0 Å². The standard InChI is InChI=1S/C16H28N2O/c1-18(10-14-8-11-5-6-12(14)7-11)16(19)13-3-2-4-15(17)9-13/h11-15H,2-10,17H2,1H3. The van der Waals surface area contributed by atoms with Gasteiger partial charge in [-0.05, 0) is 56.3 Å². The van der Waals surface area contributed by atoms with Crippen LogP contribution in [0.3, 0.4) is 0 Å². The molecule has 19 heavy (non-hydrogen) atoms. The molecule has 3 nitrogen and oxygen atoms in total. The fourth-order valence-corrected chi connectivity index (χ4v) is 4.81. The Labute approximate surface area is 116 Å². The molecule has 2 N–H and O–H groups in total. The van der Waals surface area contributed by atoms with Gasteiger partial charge in [0.15, 0.2) is 0 Å². The van der Waals surface area contributed by atoms with Crippen molar-refractivity contribution in [2.24, 2.45) is 29.4 Å². The quantitative estimate of drug-likeness (QED) is 0.851. The van der Waals surface area contributed by atoms with E-state index in [1.807, 2.05) is 11.9 Å². The third kappa shape index (κ3) is 2.81. The first-order valence-corrected chi connectivity index (χ1v) is 8.14. The van der Waals surface area contributed by atoms with Gasteiger partial charge in [-0.1, -0.05) is 12.8 Å². The van der Waals surface area contributed by atoms with Gasteiger partial charge in [-0.2, -0.15) is 0 Å². The number of carbonyl (C=O) groups is 1. The fraction of sp³-hybridized carbons (Fsp3) is 0.938. The normalized spacial score (nSPS) is 41.5. The Balaban J connectivity index is 1.52. The Morgan fingerprint density at radius 2 is 2.00 bits per heavy atom. The predicted molar refractivity (Wildman–Crippen MR) is 76.5 cm³/mol. The summed E-state index contributed by atoms with van der Waals surface area (Å²) >= 11 is 0. The minimum atomic E-state index is 0.201. The summed E-state index contributed by atoms with van der Waals surface area (Å²) in [6.45, 7) is 0.992. The summed E-state index contributed by atoms with van der Waals surface area (Å²) in [4.78, 5) is 14.5. The fourth-order valence-electron chi connectivity index (χ4n) is 4.81. The summed E-state index contributed by atoms with van der Waals surface area (Å²) in [5.41, 5.74) is 6.01. The monoisotopic (exact) mass is 264 g/mol. The Kier molecular flexibility index (Phi) is 3.84. The van der Waals surface area contributed by atoms with E-state index in [2.05, 4.69) is 0 Å². The second kappa shape index (κ2) is 5.43. The summed E-state index contributed by atoms with van der Waals surface area (Å²) in [6.07, 6.45) is 9.82. The van der Waals surface area contributed by atoms with Gasteiger partial charge < -0.3 is 10.6 Å². The maximum atomic E-state index is 12.5. The highest BCUT2D eigenvalue weighted by Crippen LogP contribution is 2.48. The van der Waals surface area contributed by atoms with E-state index in [1.54, 1.807) is 0 Å². The van der Waals surface area contributed by atoms with Crippen molar-refractivity contribution in [2.45, 2.75) is 57.4 Å². The van der Waals surface area contributed by atoms with Gasteiger partial charge in [0.05, 0.1) is 0 Å². The zero-order valence-corrected chi connectivity index (χ0v) is 12.2. The van der Waals surface area contributed by atoms with E-state index in [0.717, 1.165) is 50.0 Å². The van der Waals surface area contributed by atoms with Crippen LogP contribution in [0.4, 0.5) is 0 Å². The topological polar surface area (TPSA) is 46.3 Å². The number of nitrogens with zero attached hydrogens (tertiary/aromatic N) is 1. The van der Waals surface area contributed by atoms with Crippen LogP contribution in [-0.2, 0) is 4.79 Å². The first-order chi connectivity index (χ1) is 9.13. The molecule has 0 radical (unpaired) electrons. The van der Waals surface area contributed by atoms with Crippen LogP contribution in [-0.4, -0.2) is 30.4 Å². The molecule has 3 fully saturated rings. The lowest BCUT2D eigenvalue weighted by atomic mass is 9.84. The first-order valence-electron chi connectivity index (χ1n) is 8.14. The average molecular weight is 264 g/mol. The van der Waals surface area contributed by atoms with E-state index < -0.39 is 0 Å². The Hall–Kier alpha value is -0.570. The van der Waals surface area contributed by atoms with Crippen molar-refractivity contribution in [3.05, 3.63) is 0 Å². The molecule has 0 aliphatic heterocycles. The Bertz CT molecular complexity index is 344. The summed E-state index contributed by atoms with van der Waals surface area (Å²) in [6, 6.07) is 0.249. The molecule has 0 aromatic carbocycles. The molecular formula is C16H28N2O. The zero-order valence-electron chi connectivity index (χ0n) is 12.2. The molecule has 0 heterocycles. The average Bonchev–Trinajstić information content (AvgIpc) is 3.00. The molecular weight excluding hydrogens is 236 g/mol. The molecule has 3 aliphatic carbocycles. The summed E-state index contributed by atoms with van der Waals surface area (Å²) in [5.74, 6) is 3.23. The van der Waals surface area contributed by atoms with E-state index in [4.69, 9.17) is 5.73 Å². The van der Waals surface area contributed by atoms with Crippen molar-refractivity contribution >= 4 is 5.91 Å². The van der Waals surface area contributed by atoms with Gasteiger partial charge in [-0.3, -0.25) is 4.79 Å². The molecule has 3 aliphatic rings. The minimum absolute atomic E-state index is 0.201. The summed E-state index contributed by atoms with van der Waals surface area (Å²) in [5, 5.41) is 0. The first kappa shape index (κ1) is 13.4. The Morgan fingerprint density at radius 3 is 2.63 bits per heavy atom. The van der Waals surface area contributed by atoms with Gasteiger partial charge in [0.2, 0.25) is 5.91 Å². The van der Waals surface area contributed by atoms with Crippen LogP contribution >= 0.6 is 0 Å². The van der Waals surface area contributed by atoms with Gasteiger partial charge in [0.25, 0.3) is 0 Å². The molecule has 3 heteroatoms.